The van der Waals surface area contributed by atoms with Crippen molar-refractivity contribution in [2.75, 3.05) is 19.0 Å². The number of ether oxygens (including phenoxy) is 1. The Bertz CT molecular complexity index is 777. The van der Waals surface area contributed by atoms with Crippen molar-refractivity contribution in [1.29, 1.82) is 0 Å². The first kappa shape index (κ1) is 18.1. The van der Waals surface area contributed by atoms with Crippen LogP contribution in [-0.4, -0.2) is 34.1 Å². The number of nitrogens with zero attached hydrogens (tertiary/aromatic N) is 3. The van der Waals surface area contributed by atoms with E-state index < -0.39 is 18.4 Å². The summed E-state index contributed by atoms with van der Waals surface area (Å²) in [6.07, 6.45) is 4.58. The molecule has 1 aromatic carbocycles. The number of carbonyl (C=O) groups is 1. The second kappa shape index (κ2) is 7.67. The van der Waals surface area contributed by atoms with Crippen molar-refractivity contribution in [2.45, 2.75) is 25.9 Å². The molecule has 1 saturated carbocycles. The van der Waals surface area contributed by atoms with Crippen LogP contribution in [0.3, 0.4) is 0 Å². The quantitative estimate of drug-likeness (QED) is 0.807. The minimum Gasteiger partial charge on any atom is -0.491 e. The van der Waals surface area contributed by atoms with E-state index >= 15 is 0 Å². The number of alkyl halides is 2. The van der Waals surface area contributed by atoms with Crippen LogP contribution in [-0.2, 0) is 6.54 Å². The number of hydrogen-bond donors (Lipinski definition) is 1. The lowest BCUT2D eigenvalue weighted by Crippen LogP contribution is -2.32. The van der Waals surface area contributed by atoms with Crippen molar-refractivity contribution in [2.24, 2.45) is 5.92 Å². The monoisotopic (exact) mass is 368 g/mol. The maximum atomic E-state index is 13.5. The van der Waals surface area contributed by atoms with Crippen molar-refractivity contribution in [3.05, 3.63) is 42.2 Å². The van der Waals surface area contributed by atoms with E-state index in [9.17, 15) is 18.0 Å². The number of rotatable bonds is 7. The van der Waals surface area contributed by atoms with Crippen LogP contribution in [0.5, 0.6) is 5.75 Å². The van der Waals surface area contributed by atoms with Gasteiger partial charge in [-0.2, -0.15) is 8.78 Å². The highest BCUT2D eigenvalue weighted by Gasteiger charge is 2.23. The molecule has 6 nitrogen and oxygen atoms in total. The summed E-state index contributed by atoms with van der Waals surface area (Å²) in [5.41, 5.74) is 0.194. The van der Waals surface area contributed by atoms with Gasteiger partial charge in [0.05, 0.1) is 18.8 Å². The fourth-order valence-corrected chi connectivity index (χ4v) is 2.36. The molecule has 26 heavy (non-hydrogen) atoms. The molecule has 3 rings (SSSR count). The highest BCUT2D eigenvalue weighted by atomic mass is 19.3. The molecule has 1 heterocycles. The van der Waals surface area contributed by atoms with E-state index in [1.54, 1.807) is 0 Å². The Morgan fingerprint density at radius 3 is 2.92 bits per heavy atom. The Balaban J connectivity index is 1.66. The first-order valence-corrected chi connectivity index (χ1v) is 8.18. The second-order valence-electron chi connectivity index (χ2n) is 6.21. The van der Waals surface area contributed by atoms with Crippen LogP contribution in [0.1, 0.15) is 25.2 Å². The van der Waals surface area contributed by atoms with Gasteiger partial charge in [0.2, 0.25) is 0 Å². The number of imidazole rings is 1. The molecule has 2 aromatic rings. The van der Waals surface area contributed by atoms with Crippen molar-refractivity contribution < 1.29 is 22.7 Å². The molecule has 140 valence electrons. The van der Waals surface area contributed by atoms with E-state index in [1.165, 1.54) is 30.3 Å². The summed E-state index contributed by atoms with van der Waals surface area (Å²) in [6.45, 7) is -2.36. The zero-order valence-electron chi connectivity index (χ0n) is 14.2. The summed E-state index contributed by atoms with van der Waals surface area (Å²) in [5, 5.41) is 2.55. The third-order valence-electron chi connectivity index (χ3n) is 4.04. The number of nitrogens with one attached hydrogen (secondary N) is 1. The summed E-state index contributed by atoms with van der Waals surface area (Å²) in [6, 6.07) is 3.28. The standard InChI is InChI=1S/C17H19F3N4O2/c1-23(9-15-21-6-7-24(15)16(19)20)17(25)22-13-8-12(18)4-5-14(13)26-10-11-2-3-11/h4-8,11,16H,2-3,9-10H2,1H3,(H,22,25). The largest absolute Gasteiger partial charge is 0.491 e. The maximum absolute atomic E-state index is 13.5. The smallest absolute Gasteiger partial charge is 0.322 e. The summed E-state index contributed by atoms with van der Waals surface area (Å²) in [7, 11) is 1.43. The SMILES string of the molecule is CN(Cc1nccn1C(F)F)C(=O)Nc1cc(F)ccc1OCC1CC1. The molecule has 0 saturated heterocycles. The fraction of sp³-hybridized carbons (Fsp3) is 0.412. The van der Waals surface area contributed by atoms with Gasteiger partial charge in [0.25, 0.3) is 0 Å². The minimum absolute atomic E-state index is 0.0436. The molecule has 1 aliphatic carbocycles. The average Bonchev–Trinajstić information content (AvgIpc) is 3.30. The van der Waals surface area contributed by atoms with Crippen LogP contribution in [0.15, 0.2) is 30.6 Å². The normalized spacial score (nSPS) is 13.7. The van der Waals surface area contributed by atoms with E-state index in [2.05, 4.69) is 10.3 Å². The number of aromatic nitrogens is 2. The molecule has 2 amide bonds. The number of halogens is 3. The van der Waals surface area contributed by atoms with Crippen molar-refractivity contribution in [3.8, 4) is 5.75 Å². The van der Waals surface area contributed by atoms with Crippen LogP contribution in [0.2, 0.25) is 0 Å². The Morgan fingerprint density at radius 2 is 2.23 bits per heavy atom. The number of urea groups is 1. The van der Waals surface area contributed by atoms with Gasteiger partial charge in [0, 0.05) is 25.5 Å². The van der Waals surface area contributed by atoms with Gasteiger partial charge in [0.15, 0.2) is 0 Å². The van der Waals surface area contributed by atoms with Crippen LogP contribution in [0, 0.1) is 11.7 Å². The molecule has 0 bridgehead atoms. The van der Waals surface area contributed by atoms with Crippen molar-refractivity contribution in [3.63, 3.8) is 0 Å². The third kappa shape index (κ3) is 4.47. The molecule has 1 fully saturated rings. The van der Waals surface area contributed by atoms with Crippen LogP contribution >= 0.6 is 0 Å². The molecule has 1 aromatic heterocycles. The lowest BCUT2D eigenvalue weighted by Gasteiger charge is -2.19. The molecule has 0 unspecified atom stereocenters. The lowest BCUT2D eigenvalue weighted by molar-refractivity contribution is 0.0652. The van der Waals surface area contributed by atoms with E-state index in [-0.39, 0.29) is 18.1 Å². The highest BCUT2D eigenvalue weighted by Crippen LogP contribution is 2.32. The van der Waals surface area contributed by atoms with Gasteiger partial charge < -0.3 is 15.0 Å². The number of hydrogen-bond acceptors (Lipinski definition) is 3. The molecule has 1 N–H and O–H groups in total. The van der Waals surface area contributed by atoms with Crippen LogP contribution in [0.25, 0.3) is 0 Å². The van der Waals surface area contributed by atoms with Gasteiger partial charge in [-0.05, 0) is 30.9 Å². The number of amides is 2. The predicted octanol–water partition coefficient (Wildman–Crippen LogP) is 3.87. The van der Waals surface area contributed by atoms with Crippen LogP contribution < -0.4 is 10.1 Å². The van der Waals surface area contributed by atoms with E-state index in [1.807, 2.05) is 0 Å². The summed E-state index contributed by atoms with van der Waals surface area (Å²) in [4.78, 5) is 17.4. The fourth-order valence-electron chi connectivity index (χ4n) is 2.36. The molecule has 0 atom stereocenters. The third-order valence-corrected chi connectivity index (χ3v) is 4.04. The van der Waals surface area contributed by atoms with Gasteiger partial charge in [-0.3, -0.25) is 4.57 Å². The van der Waals surface area contributed by atoms with Gasteiger partial charge in [-0.25, -0.2) is 14.2 Å². The topological polar surface area (TPSA) is 59.4 Å². The molecule has 1 aliphatic rings. The molecular weight excluding hydrogens is 349 g/mol. The van der Waals surface area contributed by atoms with E-state index in [0.29, 0.717) is 22.8 Å². The molecule has 0 spiro atoms. The number of benzene rings is 1. The number of anilines is 1. The van der Waals surface area contributed by atoms with Crippen LogP contribution in [0.4, 0.5) is 23.7 Å². The first-order chi connectivity index (χ1) is 12.4. The van der Waals surface area contributed by atoms with E-state index in [4.69, 9.17) is 4.74 Å². The zero-order valence-corrected chi connectivity index (χ0v) is 14.2. The first-order valence-electron chi connectivity index (χ1n) is 8.18. The summed E-state index contributed by atoms with van der Waals surface area (Å²) >= 11 is 0. The minimum atomic E-state index is -2.74. The Kier molecular flexibility index (Phi) is 5.34. The van der Waals surface area contributed by atoms with Gasteiger partial charge in [0.1, 0.15) is 17.4 Å². The van der Waals surface area contributed by atoms with E-state index in [0.717, 1.165) is 25.1 Å². The summed E-state index contributed by atoms with van der Waals surface area (Å²) in [5.74, 6) is 0.394. The van der Waals surface area contributed by atoms with Crippen molar-refractivity contribution in [1.82, 2.24) is 14.5 Å². The summed E-state index contributed by atoms with van der Waals surface area (Å²) < 4.78 is 45.6. The Labute approximate surface area is 148 Å². The van der Waals surface area contributed by atoms with Gasteiger partial charge in [-0.15, -0.1) is 0 Å². The van der Waals surface area contributed by atoms with Gasteiger partial charge >= 0.3 is 12.6 Å². The molecule has 0 radical (unpaired) electrons. The molecule has 9 heteroatoms. The number of carbonyl (C=O) groups excluding carboxylic acids is 1. The Morgan fingerprint density at radius 1 is 1.46 bits per heavy atom. The zero-order chi connectivity index (χ0) is 18.7. The maximum Gasteiger partial charge on any atom is 0.322 e. The second-order valence-corrected chi connectivity index (χ2v) is 6.21. The van der Waals surface area contributed by atoms with Gasteiger partial charge in [-0.1, -0.05) is 0 Å². The highest BCUT2D eigenvalue weighted by molar-refractivity contribution is 5.90. The average molecular weight is 368 g/mol. The lowest BCUT2D eigenvalue weighted by atomic mass is 10.3. The molecular formula is C17H19F3N4O2. The van der Waals surface area contributed by atoms with Crippen molar-refractivity contribution >= 4 is 11.7 Å². The predicted molar refractivity (Wildman–Crippen MR) is 88.6 cm³/mol. The molecule has 0 aliphatic heterocycles. The Hall–Kier alpha value is -2.71.